The SMILES string of the molecule is CC(CS)OCCc1ccc2ccccc2c1. The van der Waals surface area contributed by atoms with Crippen LogP contribution in [-0.2, 0) is 11.2 Å². The van der Waals surface area contributed by atoms with Crippen molar-refractivity contribution in [3.63, 3.8) is 0 Å². The summed E-state index contributed by atoms with van der Waals surface area (Å²) in [4.78, 5) is 0. The van der Waals surface area contributed by atoms with E-state index in [1.54, 1.807) is 0 Å². The van der Waals surface area contributed by atoms with Gasteiger partial charge in [-0.2, -0.15) is 12.6 Å². The first-order chi connectivity index (χ1) is 8.29. The van der Waals surface area contributed by atoms with Crippen molar-refractivity contribution in [2.24, 2.45) is 0 Å². The highest BCUT2D eigenvalue weighted by molar-refractivity contribution is 7.80. The zero-order chi connectivity index (χ0) is 12.1. The Hall–Kier alpha value is -0.990. The topological polar surface area (TPSA) is 9.23 Å². The van der Waals surface area contributed by atoms with Crippen molar-refractivity contribution in [2.45, 2.75) is 19.4 Å². The second-order valence-electron chi connectivity index (χ2n) is 4.30. The van der Waals surface area contributed by atoms with Crippen LogP contribution in [0.2, 0.25) is 0 Å². The molecule has 2 heteroatoms. The van der Waals surface area contributed by atoms with E-state index < -0.39 is 0 Å². The summed E-state index contributed by atoms with van der Waals surface area (Å²) in [5.74, 6) is 0.776. The number of fused-ring (bicyclic) bond motifs is 1. The zero-order valence-corrected chi connectivity index (χ0v) is 11.0. The summed E-state index contributed by atoms with van der Waals surface area (Å²) < 4.78 is 5.63. The predicted molar refractivity (Wildman–Crippen MR) is 76.9 cm³/mol. The third-order valence-corrected chi connectivity index (χ3v) is 3.38. The fraction of sp³-hybridized carbons (Fsp3) is 0.333. The monoisotopic (exact) mass is 246 g/mol. The van der Waals surface area contributed by atoms with Gasteiger partial charge in [0.1, 0.15) is 0 Å². The summed E-state index contributed by atoms with van der Waals surface area (Å²) >= 11 is 4.20. The number of rotatable bonds is 5. The van der Waals surface area contributed by atoms with Crippen LogP contribution in [0, 0.1) is 0 Å². The van der Waals surface area contributed by atoms with Crippen LogP contribution in [0.25, 0.3) is 10.8 Å². The molecule has 2 aromatic rings. The van der Waals surface area contributed by atoms with Gasteiger partial charge in [0.15, 0.2) is 0 Å². The molecule has 0 radical (unpaired) electrons. The molecule has 0 saturated heterocycles. The maximum atomic E-state index is 5.63. The molecule has 17 heavy (non-hydrogen) atoms. The van der Waals surface area contributed by atoms with Crippen LogP contribution in [0.1, 0.15) is 12.5 Å². The molecule has 0 aliphatic carbocycles. The lowest BCUT2D eigenvalue weighted by molar-refractivity contribution is 0.0847. The molecule has 0 fully saturated rings. The average Bonchev–Trinajstić information content (AvgIpc) is 2.38. The van der Waals surface area contributed by atoms with E-state index in [9.17, 15) is 0 Å². The molecule has 90 valence electrons. The largest absolute Gasteiger partial charge is 0.377 e. The minimum atomic E-state index is 0.235. The van der Waals surface area contributed by atoms with Gasteiger partial charge >= 0.3 is 0 Å². The Labute approximate surface area is 108 Å². The lowest BCUT2D eigenvalue weighted by Crippen LogP contribution is -2.11. The first-order valence-corrected chi connectivity index (χ1v) is 6.63. The Morgan fingerprint density at radius 3 is 2.65 bits per heavy atom. The Kier molecular flexibility index (Phi) is 4.46. The van der Waals surface area contributed by atoms with Crippen LogP contribution in [0.4, 0.5) is 0 Å². The second kappa shape index (κ2) is 6.08. The molecular formula is C15H18OS. The first-order valence-electron chi connectivity index (χ1n) is 6.00. The molecule has 0 spiro atoms. The molecule has 0 aliphatic rings. The van der Waals surface area contributed by atoms with Crippen LogP contribution in [0.5, 0.6) is 0 Å². The maximum Gasteiger partial charge on any atom is 0.0634 e. The van der Waals surface area contributed by atoms with Gasteiger partial charge in [0.05, 0.1) is 12.7 Å². The zero-order valence-electron chi connectivity index (χ0n) is 10.1. The summed E-state index contributed by atoms with van der Waals surface area (Å²) in [5, 5.41) is 2.59. The van der Waals surface area contributed by atoms with Crippen LogP contribution in [0.15, 0.2) is 42.5 Å². The van der Waals surface area contributed by atoms with Gasteiger partial charge in [0, 0.05) is 5.75 Å². The Balaban J connectivity index is 1.99. The number of benzene rings is 2. The second-order valence-corrected chi connectivity index (χ2v) is 4.66. The molecule has 0 aliphatic heterocycles. The lowest BCUT2D eigenvalue weighted by Gasteiger charge is -2.10. The Bertz CT molecular complexity index is 481. The Morgan fingerprint density at radius 2 is 1.88 bits per heavy atom. The first kappa shape index (κ1) is 12.5. The van der Waals surface area contributed by atoms with Crippen LogP contribution in [0.3, 0.4) is 0 Å². The van der Waals surface area contributed by atoms with E-state index in [1.165, 1.54) is 16.3 Å². The number of hydrogen-bond donors (Lipinski definition) is 1. The molecule has 2 rings (SSSR count). The number of thiol groups is 1. The minimum Gasteiger partial charge on any atom is -0.377 e. The molecule has 0 bridgehead atoms. The van der Waals surface area contributed by atoms with Gasteiger partial charge in [-0.15, -0.1) is 0 Å². The quantitative estimate of drug-likeness (QED) is 0.791. The van der Waals surface area contributed by atoms with Crippen LogP contribution in [-0.4, -0.2) is 18.5 Å². The highest BCUT2D eigenvalue weighted by Crippen LogP contribution is 2.16. The summed E-state index contributed by atoms with van der Waals surface area (Å²) in [5.41, 5.74) is 1.33. The van der Waals surface area contributed by atoms with Gasteiger partial charge in [-0.05, 0) is 29.7 Å². The highest BCUT2D eigenvalue weighted by atomic mass is 32.1. The van der Waals surface area contributed by atoms with Crippen molar-refractivity contribution in [2.75, 3.05) is 12.4 Å². The van der Waals surface area contributed by atoms with Crippen molar-refractivity contribution in [1.29, 1.82) is 0 Å². The summed E-state index contributed by atoms with van der Waals surface area (Å²) in [7, 11) is 0. The molecule has 0 amide bonds. The summed E-state index contributed by atoms with van der Waals surface area (Å²) in [6, 6.07) is 15.0. The highest BCUT2D eigenvalue weighted by Gasteiger charge is 2.00. The van der Waals surface area contributed by atoms with E-state index in [0.717, 1.165) is 18.8 Å². The lowest BCUT2D eigenvalue weighted by atomic mass is 10.1. The van der Waals surface area contributed by atoms with Crippen molar-refractivity contribution in [3.8, 4) is 0 Å². The van der Waals surface area contributed by atoms with Gasteiger partial charge in [0.25, 0.3) is 0 Å². The van der Waals surface area contributed by atoms with E-state index in [2.05, 4.69) is 55.1 Å². The average molecular weight is 246 g/mol. The van der Waals surface area contributed by atoms with Gasteiger partial charge in [-0.1, -0.05) is 42.5 Å². The van der Waals surface area contributed by atoms with E-state index in [-0.39, 0.29) is 6.10 Å². The summed E-state index contributed by atoms with van der Waals surface area (Å²) in [6.45, 7) is 2.81. The normalized spacial score (nSPS) is 12.8. The van der Waals surface area contributed by atoms with Gasteiger partial charge in [-0.25, -0.2) is 0 Å². The van der Waals surface area contributed by atoms with Gasteiger partial charge in [0.2, 0.25) is 0 Å². The van der Waals surface area contributed by atoms with E-state index >= 15 is 0 Å². The molecule has 1 unspecified atom stereocenters. The third-order valence-electron chi connectivity index (χ3n) is 2.86. The van der Waals surface area contributed by atoms with Crippen molar-refractivity contribution in [1.82, 2.24) is 0 Å². The molecule has 2 aromatic carbocycles. The van der Waals surface area contributed by atoms with Crippen molar-refractivity contribution in [3.05, 3.63) is 48.0 Å². The van der Waals surface area contributed by atoms with Crippen LogP contribution >= 0.6 is 12.6 Å². The smallest absolute Gasteiger partial charge is 0.0634 e. The van der Waals surface area contributed by atoms with E-state index in [0.29, 0.717) is 0 Å². The van der Waals surface area contributed by atoms with Crippen LogP contribution < -0.4 is 0 Å². The van der Waals surface area contributed by atoms with E-state index in [1.807, 2.05) is 6.92 Å². The van der Waals surface area contributed by atoms with E-state index in [4.69, 9.17) is 4.74 Å². The molecule has 1 atom stereocenters. The minimum absolute atomic E-state index is 0.235. The fourth-order valence-corrected chi connectivity index (χ4v) is 1.93. The molecule has 0 N–H and O–H groups in total. The predicted octanol–water partition coefficient (Wildman–Crippen LogP) is 3.72. The molecule has 0 saturated carbocycles. The maximum absolute atomic E-state index is 5.63. The molecule has 0 heterocycles. The van der Waals surface area contributed by atoms with Crippen molar-refractivity contribution < 1.29 is 4.74 Å². The molecule has 1 nitrogen and oxygen atoms in total. The standard InChI is InChI=1S/C15H18OS/c1-12(11-17)16-9-8-13-6-7-14-4-2-3-5-15(14)10-13/h2-7,10,12,17H,8-9,11H2,1H3. The molecule has 0 aromatic heterocycles. The summed E-state index contributed by atoms with van der Waals surface area (Å²) in [6.07, 6.45) is 1.20. The molecular weight excluding hydrogens is 228 g/mol. The van der Waals surface area contributed by atoms with Gasteiger partial charge in [-0.3, -0.25) is 0 Å². The Morgan fingerprint density at radius 1 is 1.12 bits per heavy atom. The van der Waals surface area contributed by atoms with Gasteiger partial charge < -0.3 is 4.74 Å². The number of hydrogen-bond acceptors (Lipinski definition) is 2. The van der Waals surface area contributed by atoms with Crippen molar-refractivity contribution >= 4 is 23.4 Å². The number of ether oxygens (including phenoxy) is 1. The third kappa shape index (κ3) is 3.48. The fourth-order valence-electron chi connectivity index (χ4n) is 1.82.